The van der Waals surface area contributed by atoms with Crippen LogP contribution in [0.4, 0.5) is 0 Å². The monoisotopic (exact) mass is 485 g/mol. The van der Waals surface area contributed by atoms with Crippen LogP contribution in [0, 0.1) is 6.92 Å². The molecule has 4 aromatic rings. The third-order valence-corrected chi connectivity index (χ3v) is 7.32. The van der Waals surface area contributed by atoms with Crippen LogP contribution in [0.15, 0.2) is 64.3 Å². The van der Waals surface area contributed by atoms with E-state index in [1.807, 2.05) is 61.0 Å². The van der Waals surface area contributed by atoms with Crippen molar-refractivity contribution in [3.8, 4) is 11.1 Å². The van der Waals surface area contributed by atoms with E-state index in [1.54, 1.807) is 16.8 Å². The maximum Gasteiger partial charge on any atom is 0.329 e. The van der Waals surface area contributed by atoms with Crippen LogP contribution < -0.4 is 16.6 Å². The molecule has 1 saturated heterocycles. The van der Waals surface area contributed by atoms with Crippen LogP contribution in [0.3, 0.4) is 0 Å². The Bertz CT molecular complexity index is 1550. The molecule has 1 aliphatic heterocycles. The molecule has 0 saturated carbocycles. The third kappa shape index (κ3) is 4.40. The number of carbonyl (C=O) groups excluding carboxylic acids is 1. The van der Waals surface area contributed by atoms with Gasteiger partial charge >= 0.3 is 5.69 Å². The first-order valence-electron chi connectivity index (χ1n) is 12.3. The van der Waals surface area contributed by atoms with Gasteiger partial charge in [-0.15, -0.1) is 0 Å². The third-order valence-electron chi connectivity index (χ3n) is 7.32. The van der Waals surface area contributed by atoms with Gasteiger partial charge in [0.2, 0.25) is 0 Å². The van der Waals surface area contributed by atoms with E-state index in [4.69, 9.17) is 0 Å². The summed E-state index contributed by atoms with van der Waals surface area (Å²) < 4.78 is 3.66. The number of hydrogen-bond donors (Lipinski definition) is 2. The highest BCUT2D eigenvalue weighted by atomic mass is 16.2. The van der Waals surface area contributed by atoms with Gasteiger partial charge in [-0.3, -0.25) is 18.7 Å². The first-order valence-corrected chi connectivity index (χ1v) is 12.3. The molecule has 36 heavy (non-hydrogen) atoms. The molecule has 186 valence electrons. The number of aryl methyl sites for hydroxylation is 2. The van der Waals surface area contributed by atoms with Gasteiger partial charge in [-0.25, -0.2) is 4.79 Å². The van der Waals surface area contributed by atoms with Crippen LogP contribution in [-0.4, -0.2) is 45.1 Å². The molecule has 0 bridgehead atoms. The van der Waals surface area contributed by atoms with Gasteiger partial charge in [-0.2, -0.15) is 0 Å². The van der Waals surface area contributed by atoms with E-state index < -0.39 is 0 Å². The van der Waals surface area contributed by atoms with Gasteiger partial charge in [-0.1, -0.05) is 18.2 Å². The number of likely N-dealkylation sites (tertiary alicyclic amines) is 1. The van der Waals surface area contributed by atoms with Crippen molar-refractivity contribution in [2.24, 2.45) is 7.05 Å². The number of H-pyrrole nitrogens is 1. The van der Waals surface area contributed by atoms with Gasteiger partial charge in [0.1, 0.15) is 0 Å². The van der Waals surface area contributed by atoms with Crippen molar-refractivity contribution in [2.75, 3.05) is 20.1 Å². The number of nitrogens with one attached hydrogen (secondary N) is 2. The van der Waals surface area contributed by atoms with Crippen molar-refractivity contribution in [1.29, 1.82) is 0 Å². The summed E-state index contributed by atoms with van der Waals surface area (Å²) in [7, 11) is 3.93. The molecular formula is C28H31N5O3. The second kappa shape index (κ2) is 9.62. The standard InChI is InChI=1S/C28H31N5O3/c1-18-9-12-29-27(35)23(18)17-30-26(34)21-6-4-5-19(15-21)20-7-8-24-25(16-20)32(3)28(36)33(24)22-10-13-31(2)14-11-22/h4-9,12,15-16,22H,10-11,13-14,17H2,1-3H3,(H,29,35)(H,30,34). The summed E-state index contributed by atoms with van der Waals surface area (Å²) in [6.45, 7) is 3.97. The van der Waals surface area contributed by atoms with Crippen LogP contribution in [0.1, 0.15) is 40.4 Å². The molecule has 5 rings (SSSR count). The highest BCUT2D eigenvalue weighted by molar-refractivity contribution is 5.95. The van der Waals surface area contributed by atoms with E-state index in [0.717, 1.165) is 53.7 Å². The number of rotatable bonds is 5. The fourth-order valence-corrected chi connectivity index (χ4v) is 5.09. The summed E-state index contributed by atoms with van der Waals surface area (Å²) in [5.74, 6) is -0.249. The smallest absolute Gasteiger partial charge is 0.329 e. The van der Waals surface area contributed by atoms with Crippen LogP contribution >= 0.6 is 0 Å². The lowest BCUT2D eigenvalue weighted by Gasteiger charge is -2.29. The Kier molecular flexibility index (Phi) is 6.36. The number of nitrogens with zero attached hydrogens (tertiary/aromatic N) is 3. The van der Waals surface area contributed by atoms with E-state index in [9.17, 15) is 14.4 Å². The Morgan fingerprint density at radius 3 is 2.50 bits per heavy atom. The minimum Gasteiger partial charge on any atom is -0.348 e. The lowest BCUT2D eigenvalue weighted by Crippen LogP contribution is -2.35. The van der Waals surface area contributed by atoms with Crippen molar-refractivity contribution < 1.29 is 4.79 Å². The highest BCUT2D eigenvalue weighted by Crippen LogP contribution is 2.29. The molecule has 8 heteroatoms. The van der Waals surface area contributed by atoms with Crippen molar-refractivity contribution >= 4 is 16.9 Å². The number of amides is 1. The number of aromatic amines is 1. The largest absolute Gasteiger partial charge is 0.348 e. The molecular weight excluding hydrogens is 454 g/mol. The normalized spacial score (nSPS) is 14.9. The topological polar surface area (TPSA) is 92.1 Å². The van der Waals surface area contributed by atoms with E-state index in [2.05, 4.69) is 22.2 Å². The quantitative estimate of drug-likeness (QED) is 0.454. The average molecular weight is 486 g/mol. The Morgan fingerprint density at radius 2 is 1.75 bits per heavy atom. The van der Waals surface area contributed by atoms with E-state index in [0.29, 0.717) is 11.1 Å². The van der Waals surface area contributed by atoms with Crippen LogP contribution in [0.5, 0.6) is 0 Å². The van der Waals surface area contributed by atoms with Gasteiger partial charge in [0.15, 0.2) is 0 Å². The minimum absolute atomic E-state index is 0.0102. The average Bonchev–Trinajstić information content (AvgIpc) is 3.13. The van der Waals surface area contributed by atoms with E-state index >= 15 is 0 Å². The van der Waals surface area contributed by atoms with Crippen molar-refractivity contribution in [2.45, 2.75) is 32.4 Å². The number of piperidine rings is 1. The number of carbonyl (C=O) groups is 1. The first-order chi connectivity index (χ1) is 17.3. The number of imidazole rings is 1. The molecule has 0 atom stereocenters. The number of pyridine rings is 1. The Balaban J connectivity index is 1.41. The summed E-state index contributed by atoms with van der Waals surface area (Å²) in [6, 6.07) is 15.5. The van der Waals surface area contributed by atoms with Crippen molar-refractivity contribution in [3.05, 3.63) is 92.3 Å². The second-order valence-electron chi connectivity index (χ2n) is 9.68. The molecule has 1 amide bonds. The molecule has 1 fully saturated rings. The molecule has 3 heterocycles. The lowest BCUT2D eigenvalue weighted by molar-refractivity contribution is 0.0951. The fraction of sp³-hybridized carbons (Fsp3) is 0.321. The summed E-state index contributed by atoms with van der Waals surface area (Å²) in [6.07, 6.45) is 3.52. The van der Waals surface area contributed by atoms with Gasteiger partial charge in [0.05, 0.1) is 11.0 Å². The Labute approximate surface area is 209 Å². The molecule has 0 radical (unpaired) electrons. The van der Waals surface area contributed by atoms with Crippen LogP contribution in [0.25, 0.3) is 22.2 Å². The molecule has 1 aliphatic rings. The summed E-state index contributed by atoms with van der Waals surface area (Å²) >= 11 is 0. The SMILES string of the molecule is Cc1cc[nH]c(=O)c1CNC(=O)c1cccc(-c2ccc3c(c2)n(C)c(=O)n3C2CCN(C)CC2)c1. The zero-order chi connectivity index (χ0) is 25.4. The van der Waals surface area contributed by atoms with Crippen LogP contribution in [0.2, 0.25) is 0 Å². The Hall–Kier alpha value is -3.91. The molecule has 2 N–H and O–H groups in total. The predicted molar refractivity (Wildman–Crippen MR) is 141 cm³/mol. The molecule has 2 aromatic heterocycles. The van der Waals surface area contributed by atoms with E-state index in [-0.39, 0.29) is 29.7 Å². The number of fused-ring (bicyclic) bond motifs is 1. The number of benzene rings is 2. The fourth-order valence-electron chi connectivity index (χ4n) is 5.09. The zero-order valence-electron chi connectivity index (χ0n) is 20.9. The summed E-state index contributed by atoms with van der Waals surface area (Å²) in [5.41, 5.74) is 5.34. The predicted octanol–water partition coefficient (Wildman–Crippen LogP) is 3.20. The van der Waals surface area contributed by atoms with Crippen molar-refractivity contribution in [1.82, 2.24) is 24.3 Å². The maximum atomic E-state index is 13.1. The molecule has 0 spiro atoms. The van der Waals surface area contributed by atoms with Crippen molar-refractivity contribution in [3.63, 3.8) is 0 Å². The number of aromatic nitrogens is 3. The molecule has 0 unspecified atom stereocenters. The Morgan fingerprint density at radius 1 is 1.00 bits per heavy atom. The van der Waals surface area contributed by atoms with Gasteiger partial charge in [0, 0.05) is 37.0 Å². The molecule has 0 aliphatic carbocycles. The first kappa shape index (κ1) is 23.8. The lowest BCUT2D eigenvalue weighted by atomic mass is 10.0. The minimum atomic E-state index is -0.249. The molecule has 2 aromatic carbocycles. The summed E-state index contributed by atoms with van der Waals surface area (Å²) in [4.78, 5) is 43.0. The highest BCUT2D eigenvalue weighted by Gasteiger charge is 2.23. The van der Waals surface area contributed by atoms with Gasteiger partial charge in [-0.05, 0) is 86.9 Å². The summed E-state index contributed by atoms with van der Waals surface area (Å²) in [5, 5.41) is 2.85. The molecule has 8 nitrogen and oxygen atoms in total. The van der Waals surface area contributed by atoms with Gasteiger partial charge < -0.3 is 15.2 Å². The zero-order valence-corrected chi connectivity index (χ0v) is 20.9. The second-order valence-corrected chi connectivity index (χ2v) is 9.68. The van der Waals surface area contributed by atoms with Gasteiger partial charge in [0.25, 0.3) is 11.5 Å². The van der Waals surface area contributed by atoms with Crippen LogP contribution in [-0.2, 0) is 13.6 Å². The van der Waals surface area contributed by atoms with E-state index in [1.165, 1.54) is 0 Å². The maximum absolute atomic E-state index is 13.1. The number of hydrogen-bond acceptors (Lipinski definition) is 4.